The third-order valence-corrected chi connectivity index (χ3v) is 6.27. The normalized spacial score (nSPS) is 14.3. The Morgan fingerprint density at radius 2 is 2.13 bits per heavy atom. The van der Waals surface area contributed by atoms with Crippen LogP contribution in [-0.4, -0.2) is 32.5 Å². The Bertz CT molecular complexity index is 872. The van der Waals surface area contributed by atoms with Crippen molar-refractivity contribution in [1.82, 2.24) is 20.1 Å². The number of rotatable bonds is 10. The maximum atomic E-state index is 12.3. The van der Waals surface area contributed by atoms with E-state index >= 15 is 0 Å². The van der Waals surface area contributed by atoms with Gasteiger partial charge in [0.05, 0.1) is 5.75 Å². The van der Waals surface area contributed by atoms with Gasteiger partial charge in [-0.05, 0) is 42.9 Å². The lowest BCUT2D eigenvalue weighted by atomic mass is 10.0. The van der Waals surface area contributed by atoms with Crippen molar-refractivity contribution in [2.75, 3.05) is 5.75 Å². The van der Waals surface area contributed by atoms with Crippen molar-refractivity contribution in [3.8, 4) is 5.75 Å². The molecule has 1 aliphatic rings. The fourth-order valence-electron chi connectivity index (χ4n) is 3.70. The lowest BCUT2D eigenvalue weighted by Gasteiger charge is -2.15. The second-order valence-corrected chi connectivity index (χ2v) is 9.06. The molecule has 0 bridgehead atoms. The van der Waals surface area contributed by atoms with Gasteiger partial charge in [-0.3, -0.25) is 9.36 Å². The van der Waals surface area contributed by atoms with Crippen molar-refractivity contribution in [2.45, 2.75) is 76.7 Å². The van der Waals surface area contributed by atoms with Crippen molar-refractivity contribution in [3.05, 3.63) is 47.8 Å². The standard InChI is InChI=1S/C23H32N4O2S/c1-5-12-27-21(14-29-20-13-17(4)10-11-19(20)16(2)3)25-26-23(27)30-15-22(28)24-18-8-6-7-9-18/h5,10-11,13,16,18H,1,6-9,12,14-15H2,2-4H3,(H,24,28). The predicted octanol–water partition coefficient (Wildman–Crippen LogP) is 4.63. The molecule has 2 aromatic rings. The first-order chi connectivity index (χ1) is 14.5. The third kappa shape index (κ3) is 5.88. The van der Waals surface area contributed by atoms with Crippen molar-refractivity contribution in [2.24, 2.45) is 0 Å². The molecule has 1 fully saturated rings. The Kier molecular flexibility index (Phi) is 7.96. The molecule has 1 heterocycles. The Morgan fingerprint density at radius 3 is 2.83 bits per heavy atom. The van der Waals surface area contributed by atoms with Gasteiger partial charge in [-0.25, -0.2) is 0 Å². The number of carbonyl (C=O) groups is 1. The maximum absolute atomic E-state index is 12.3. The molecule has 0 atom stereocenters. The summed E-state index contributed by atoms with van der Waals surface area (Å²) in [5, 5.41) is 12.4. The van der Waals surface area contributed by atoms with Gasteiger partial charge in [-0.1, -0.05) is 56.7 Å². The van der Waals surface area contributed by atoms with Crippen LogP contribution < -0.4 is 10.1 Å². The number of allylic oxidation sites excluding steroid dienone is 1. The fraction of sp³-hybridized carbons (Fsp3) is 0.522. The smallest absolute Gasteiger partial charge is 0.230 e. The Balaban J connectivity index is 1.64. The molecule has 0 radical (unpaired) electrons. The highest BCUT2D eigenvalue weighted by atomic mass is 32.2. The first-order valence-electron chi connectivity index (χ1n) is 10.7. The van der Waals surface area contributed by atoms with E-state index in [4.69, 9.17) is 4.74 Å². The van der Waals surface area contributed by atoms with Crippen LogP contribution in [0.25, 0.3) is 0 Å². The molecule has 0 unspecified atom stereocenters. The number of carbonyl (C=O) groups excluding carboxylic acids is 1. The molecule has 3 rings (SSSR count). The molecule has 30 heavy (non-hydrogen) atoms. The summed E-state index contributed by atoms with van der Waals surface area (Å²) < 4.78 is 8.10. The van der Waals surface area contributed by atoms with E-state index in [1.54, 1.807) is 0 Å². The summed E-state index contributed by atoms with van der Waals surface area (Å²) in [5.74, 6) is 2.37. The van der Waals surface area contributed by atoms with Gasteiger partial charge in [0.2, 0.25) is 5.91 Å². The summed E-state index contributed by atoms with van der Waals surface area (Å²) in [6.45, 7) is 11.1. The number of thioether (sulfide) groups is 1. The van der Waals surface area contributed by atoms with Gasteiger partial charge in [0.1, 0.15) is 12.4 Å². The molecule has 0 aliphatic heterocycles. The number of benzene rings is 1. The zero-order valence-corrected chi connectivity index (χ0v) is 19.0. The zero-order chi connectivity index (χ0) is 21.5. The molecule has 1 aliphatic carbocycles. The molecule has 1 amide bonds. The molecular weight excluding hydrogens is 396 g/mol. The summed E-state index contributed by atoms with van der Waals surface area (Å²) in [4.78, 5) is 12.3. The van der Waals surface area contributed by atoms with E-state index in [9.17, 15) is 4.79 Å². The number of nitrogens with one attached hydrogen (secondary N) is 1. The molecule has 162 valence electrons. The maximum Gasteiger partial charge on any atom is 0.230 e. The molecule has 7 heteroatoms. The average molecular weight is 429 g/mol. The monoisotopic (exact) mass is 428 g/mol. The van der Waals surface area contributed by atoms with Crippen LogP contribution in [0.2, 0.25) is 0 Å². The highest BCUT2D eigenvalue weighted by Crippen LogP contribution is 2.28. The third-order valence-electron chi connectivity index (χ3n) is 5.31. The number of aromatic nitrogens is 3. The van der Waals surface area contributed by atoms with Crippen molar-refractivity contribution in [1.29, 1.82) is 0 Å². The van der Waals surface area contributed by atoms with Gasteiger partial charge in [-0.2, -0.15) is 0 Å². The quantitative estimate of drug-likeness (QED) is 0.441. The molecule has 1 aromatic carbocycles. The number of hydrogen-bond acceptors (Lipinski definition) is 5. The van der Waals surface area contributed by atoms with E-state index < -0.39 is 0 Å². The van der Waals surface area contributed by atoms with Gasteiger partial charge in [0, 0.05) is 12.6 Å². The lowest BCUT2D eigenvalue weighted by molar-refractivity contribution is -0.119. The predicted molar refractivity (Wildman–Crippen MR) is 121 cm³/mol. The number of nitrogens with zero attached hydrogens (tertiary/aromatic N) is 3. The highest BCUT2D eigenvalue weighted by Gasteiger charge is 2.19. The summed E-state index contributed by atoms with van der Waals surface area (Å²) >= 11 is 1.41. The average Bonchev–Trinajstić information content (AvgIpc) is 3.35. The lowest BCUT2D eigenvalue weighted by Crippen LogP contribution is -2.33. The van der Waals surface area contributed by atoms with E-state index in [1.165, 1.54) is 30.2 Å². The van der Waals surface area contributed by atoms with Crippen LogP contribution in [0.5, 0.6) is 5.75 Å². The Labute approximate surface area is 183 Å². The zero-order valence-electron chi connectivity index (χ0n) is 18.2. The van der Waals surface area contributed by atoms with E-state index in [-0.39, 0.29) is 5.91 Å². The molecule has 0 spiro atoms. The fourth-order valence-corrected chi connectivity index (χ4v) is 4.48. The van der Waals surface area contributed by atoms with Crippen molar-refractivity contribution >= 4 is 17.7 Å². The Hall–Kier alpha value is -2.28. The van der Waals surface area contributed by atoms with Crippen LogP contribution in [0.15, 0.2) is 36.0 Å². The first kappa shape index (κ1) is 22.4. The van der Waals surface area contributed by atoms with Gasteiger partial charge in [0.15, 0.2) is 11.0 Å². The minimum absolute atomic E-state index is 0.0548. The van der Waals surface area contributed by atoms with Gasteiger partial charge >= 0.3 is 0 Å². The highest BCUT2D eigenvalue weighted by molar-refractivity contribution is 7.99. The molecular formula is C23H32N4O2S. The largest absolute Gasteiger partial charge is 0.485 e. The van der Waals surface area contributed by atoms with E-state index in [1.807, 2.05) is 10.6 Å². The minimum Gasteiger partial charge on any atom is -0.485 e. The van der Waals surface area contributed by atoms with Crippen LogP contribution in [0, 0.1) is 6.92 Å². The van der Waals surface area contributed by atoms with Gasteiger partial charge < -0.3 is 10.1 Å². The van der Waals surface area contributed by atoms with Crippen molar-refractivity contribution < 1.29 is 9.53 Å². The Morgan fingerprint density at radius 1 is 1.37 bits per heavy atom. The summed E-state index contributed by atoms with van der Waals surface area (Å²) in [7, 11) is 0. The molecule has 6 nitrogen and oxygen atoms in total. The molecule has 1 aromatic heterocycles. The van der Waals surface area contributed by atoms with Gasteiger partial charge in [0.25, 0.3) is 0 Å². The van der Waals surface area contributed by atoms with Crippen LogP contribution >= 0.6 is 11.8 Å². The summed E-state index contributed by atoms with van der Waals surface area (Å²) in [6.07, 6.45) is 6.38. The molecule has 1 saturated carbocycles. The SMILES string of the molecule is C=CCn1c(COc2cc(C)ccc2C(C)C)nnc1SCC(=O)NC1CCCC1. The van der Waals surface area contributed by atoms with E-state index in [0.717, 1.165) is 30.0 Å². The number of aryl methyl sites for hydroxylation is 1. The second kappa shape index (κ2) is 10.7. The van der Waals surface area contributed by atoms with Crippen LogP contribution in [0.4, 0.5) is 0 Å². The van der Waals surface area contributed by atoms with E-state index in [0.29, 0.717) is 36.0 Å². The molecule has 1 N–H and O–H groups in total. The topological polar surface area (TPSA) is 69.0 Å². The number of hydrogen-bond donors (Lipinski definition) is 1. The van der Waals surface area contributed by atoms with Crippen LogP contribution in [0.3, 0.4) is 0 Å². The van der Waals surface area contributed by atoms with Crippen molar-refractivity contribution in [3.63, 3.8) is 0 Å². The summed E-state index contributed by atoms with van der Waals surface area (Å²) in [6, 6.07) is 6.62. The van der Waals surface area contributed by atoms with Gasteiger partial charge in [-0.15, -0.1) is 16.8 Å². The minimum atomic E-state index is 0.0548. The van der Waals surface area contributed by atoms with E-state index in [2.05, 4.69) is 61.1 Å². The first-order valence-corrected chi connectivity index (χ1v) is 11.6. The number of amides is 1. The summed E-state index contributed by atoms with van der Waals surface area (Å²) in [5.41, 5.74) is 2.33. The molecule has 0 saturated heterocycles. The van der Waals surface area contributed by atoms with Crippen LogP contribution in [0.1, 0.15) is 62.4 Å². The second-order valence-electron chi connectivity index (χ2n) is 8.12. The van der Waals surface area contributed by atoms with Crippen LogP contribution in [-0.2, 0) is 17.9 Å². The number of ether oxygens (including phenoxy) is 1.